The van der Waals surface area contributed by atoms with Gasteiger partial charge in [0.25, 0.3) is 0 Å². The number of anilines is 1. The summed E-state index contributed by atoms with van der Waals surface area (Å²) in [4.78, 5) is 4.67. The van der Waals surface area contributed by atoms with Crippen LogP contribution in [0.4, 0.5) is 5.82 Å². The van der Waals surface area contributed by atoms with E-state index in [1.54, 1.807) is 0 Å². The van der Waals surface area contributed by atoms with Crippen molar-refractivity contribution in [3.63, 3.8) is 0 Å². The lowest BCUT2D eigenvalue weighted by Gasteiger charge is -2.16. The third kappa shape index (κ3) is 3.00. The summed E-state index contributed by atoms with van der Waals surface area (Å²) in [5.74, 6) is 1.99. The molecule has 2 N–H and O–H groups in total. The fraction of sp³-hybridized carbons (Fsp3) is 0.769. The van der Waals surface area contributed by atoms with Crippen LogP contribution in [-0.2, 0) is 19.4 Å². The number of nitrogens with zero attached hydrogens (tertiary/aromatic N) is 2. The van der Waals surface area contributed by atoms with E-state index < -0.39 is 0 Å². The minimum atomic E-state index is 0.241. The van der Waals surface area contributed by atoms with Crippen LogP contribution in [-0.4, -0.2) is 9.55 Å². The Morgan fingerprint density at radius 2 is 1.88 bits per heavy atom. The fourth-order valence-corrected chi connectivity index (χ4v) is 1.94. The lowest BCUT2D eigenvalue weighted by molar-refractivity contribution is 0.407. The number of hydrogen-bond acceptors (Lipinski definition) is 2. The highest BCUT2D eigenvalue weighted by molar-refractivity contribution is 5.39. The molecule has 3 heteroatoms. The molecule has 3 nitrogen and oxygen atoms in total. The SMILES string of the molecule is CCCn1c(CC)nc(CC(C)(C)C)c1N. The normalized spacial score (nSPS) is 12.1. The second-order valence-corrected chi connectivity index (χ2v) is 5.60. The van der Waals surface area contributed by atoms with Crippen molar-refractivity contribution >= 4 is 5.82 Å². The predicted octanol–water partition coefficient (Wildman–Crippen LogP) is 3.03. The zero-order valence-electron chi connectivity index (χ0n) is 11.3. The van der Waals surface area contributed by atoms with E-state index in [1.807, 2.05) is 0 Å². The van der Waals surface area contributed by atoms with E-state index in [-0.39, 0.29) is 5.41 Å². The van der Waals surface area contributed by atoms with Crippen molar-refractivity contribution in [3.05, 3.63) is 11.5 Å². The van der Waals surface area contributed by atoms with Crippen LogP contribution in [0.25, 0.3) is 0 Å². The Hall–Kier alpha value is -0.990. The van der Waals surface area contributed by atoms with Gasteiger partial charge in [-0.2, -0.15) is 0 Å². The molecule has 0 aliphatic heterocycles. The maximum atomic E-state index is 6.17. The summed E-state index contributed by atoms with van der Waals surface area (Å²) in [6, 6.07) is 0. The average molecular weight is 223 g/mol. The molecule has 0 aliphatic carbocycles. The van der Waals surface area contributed by atoms with Crippen LogP contribution in [0.2, 0.25) is 0 Å². The van der Waals surface area contributed by atoms with Gasteiger partial charge in [-0.25, -0.2) is 4.98 Å². The highest BCUT2D eigenvalue weighted by Crippen LogP contribution is 2.25. The lowest BCUT2D eigenvalue weighted by atomic mass is 9.90. The maximum Gasteiger partial charge on any atom is 0.126 e. The maximum absolute atomic E-state index is 6.17. The van der Waals surface area contributed by atoms with Crippen LogP contribution in [0.3, 0.4) is 0 Å². The van der Waals surface area contributed by atoms with Crippen LogP contribution < -0.4 is 5.73 Å². The van der Waals surface area contributed by atoms with Crippen LogP contribution in [0.15, 0.2) is 0 Å². The van der Waals surface area contributed by atoms with Gasteiger partial charge in [-0.05, 0) is 18.3 Å². The summed E-state index contributed by atoms with van der Waals surface area (Å²) in [5, 5.41) is 0. The molecule has 1 aromatic rings. The van der Waals surface area contributed by atoms with Gasteiger partial charge in [0, 0.05) is 13.0 Å². The Labute approximate surface area is 99.1 Å². The van der Waals surface area contributed by atoms with E-state index in [0.29, 0.717) is 0 Å². The van der Waals surface area contributed by atoms with E-state index in [4.69, 9.17) is 5.73 Å². The number of aryl methyl sites for hydroxylation is 1. The van der Waals surface area contributed by atoms with Crippen molar-refractivity contribution in [3.8, 4) is 0 Å². The summed E-state index contributed by atoms with van der Waals surface area (Å²) in [7, 11) is 0. The second-order valence-electron chi connectivity index (χ2n) is 5.60. The Kier molecular flexibility index (Phi) is 4.00. The van der Waals surface area contributed by atoms with E-state index in [0.717, 1.165) is 43.1 Å². The highest BCUT2D eigenvalue weighted by atomic mass is 15.1. The first-order valence-corrected chi connectivity index (χ1v) is 6.22. The summed E-state index contributed by atoms with van der Waals surface area (Å²) in [6.07, 6.45) is 3.00. The molecular formula is C13H25N3. The van der Waals surface area contributed by atoms with Crippen molar-refractivity contribution in [1.82, 2.24) is 9.55 Å². The van der Waals surface area contributed by atoms with Crippen LogP contribution in [0.5, 0.6) is 0 Å². The smallest absolute Gasteiger partial charge is 0.126 e. The lowest BCUT2D eigenvalue weighted by Crippen LogP contribution is -2.12. The van der Waals surface area contributed by atoms with E-state index >= 15 is 0 Å². The zero-order valence-corrected chi connectivity index (χ0v) is 11.3. The monoisotopic (exact) mass is 223 g/mol. The summed E-state index contributed by atoms with van der Waals surface area (Å²) in [5.41, 5.74) is 7.48. The van der Waals surface area contributed by atoms with Gasteiger partial charge in [0.2, 0.25) is 0 Å². The minimum absolute atomic E-state index is 0.241. The number of nitrogen functional groups attached to an aromatic ring is 1. The number of aromatic nitrogens is 2. The molecule has 1 rings (SSSR count). The molecule has 16 heavy (non-hydrogen) atoms. The number of hydrogen-bond donors (Lipinski definition) is 1. The molecule has 1 heterocycles. The first kappa shape index (κ1) is 13.1. The van der Waals surface area contributed by atoms with E-state index in [9.17, 15) is 0 Å². The Morgan fingerprint density at radius 1 is 1.25 bits per heavy atom. The van der Waals surface area contributed by atoms with Crippen LogP contribution in [0, 0.1) is 5.41 Å². The topological polar surface area (TPSA) is 43.8 Å². The molecule has 0 radical (unpaired) electrons. The third-order valence-electron chi connectivity index (χ3n) is 2.62. The summed E-state index contributed by atoms with van der Waals surface area (Å²) < 4.78 is 2.17. The highest BCUT2D eigenvalue weighted by Gasteiger charge is 2.19. The minimum Gasteiger partial charge on any atom is -0.384 e. The van der Waals surface area contributed by atoms with Gasteiger partial charge >= 0.3 is 0 Å². The van der Waals surface area contributed by atoms with Crippen molar-refractivity contribution in [1.29, 1.82) is 0 Å². The van der Waals surface area contributed by atoms with Gasteiger partial charge in [-0.1, -0.05) is 34.6 Å². The molecule has 0 unspecified atom stereocenters. The van der Waals surface area contributed by atoms with Gasteiger partial charge in [0.1, 0.15) is 11.6 Å². The first-order valence-electron chi connectivity index (χ1n) is 6.22. The van der Waals surface area contributed by atoms with Crippen molar-refractivity contribution in [2.75, 3.05) is 5.73 Å². The molecule has 92 valence electrons. The predicted molar refractivity (Wildman–Crippen MR) is 69.5 cm³/mol. The molecule has 0 aromatic carbocycles. The Bertz CT molecular complexity index is 345. The molecule has 0 saturated carbocycles. The number of imidazole rings is 1. The van der Waals surface area contributed by atoms with Gasteiger partial charge in [-0.15, -0.1) is 0 Å². The second kappa shape index (κ2) is 4.89. The van der Waals surface area contributed by atoms with Crippen molar-refractivity contribution < 1.29 is 0 Å². The molecule has 1 aromatic heterocycles. The summed E-state index contributed by atoms with van der Waals surface area (Å²) in [6.45, 7) is 11.9. The third-order valence-corrected chi connectivity index (χ3v) is 2.62. The standard InChI is InChI=1S/C13H25N3/c1-6-8-16-11(7-2)15-10(12(16)14)9-13(3,4)5/h6-9,14H2,1-5H3. The van der Waals surface area contributed by atoms with Crippen molar-refractivity contribution in [2.45, 2.75) is 60.4 Å². The van der Waals surface area contributed by atoms with Crippen LogP contribution in [0.1, 0.15) is 52.6 Å². The molecule has 0 saturated heterocycles. The Balaban J connectivity index is 3.03. The molecule has 0 spiro atoms. The van der Waals surface area contributed by atoms with E-state index in [2.05, 4.69) is 44.2 Å². The number of rotatable bonds is 4. The van der Waals surface area contributed by atoms with Crippen LogP contribution >= 0.6 is 0 Å². The van der Waals surface area contributed by atoms with Crippen molar-refractivity contribution in [2.24, 2.45) is 5.41 Å². The largest absolute Gasteiger partial charge is 0.384 e. The first-order chi connectivity index (χ1) is 7.39. The molecule has 0 aliphatic rings. The molecule has 0 atom stereocenters. The zero-order chi connectivity index (χ0) is 12.3. The van der Waals surface area contributed by atoms with Gasteiger partial charge < -0.3 is 10.3 Å². The molecule has 0 amide bonds. The number of nitrogens with two attached hydrogens (primary N) is 1. The fourth-order valence-electron chi connectivity index (χ4n) is 1.94. The quantitative estimate of drug-likeness (QED) is 0.852. The Morgan fingerprint density at radius 3 is 2.31 bits per heavy atom. The average Bonchev–Trinajstić information content (AvgIpc) is 2.44. The molecule has 0 fully saturated rings. The summed E-state index contributed by atoms with van der Waals surface area (Å²) >= 11 is 0. The van der Waals surface area contributed by atoms with Gasteiger partial charge in [0.05, 0.1) is 5.69 Å². The van der Waals surface area contributed by atoms with Gasteiger partial charge in [-0.3, -0.25) is 0 Å². The van der Waals surface area contributed by atoms with E-state index in [1.165, 1.54) is 0 Å². The van der Waals surface area contributed by atoms with Gasteiger partial charge in [0.15, 0.2) is 0 Å². The molecular weight excluding hydrogens is 198 g/mol. The molecule has 0 bridgehead atoms.